The van der Waals surface area contributed by atoms with Gasteiger partial charge in [0.05, 0.1) is 0 Å². The lowest BCUT2D eigenvalue weighted by Crippen LogP contribution is -2.14. The van der Waals surface area contributed by atoms with Crippen LogP contribution < -0.4 is 5.32 Å². The van der Waals surface area contributed by atoms with Crippen LogP contribution in [0.15, 0.2) is 58.4 Å². The van der Waals surface area contributed by atoms with Crippen LogP contribution >= 0.6 is 27.3 Å². The van der Waals surface area contributed by atoms with Gasteiger partial charge in [0, 0.05) is 21.8 Å². The average Bonchev–Trinajstić information content (AvgIpc) is 3.05. The van der Waals surface area contributed by atoms with Crippen LogP contribution in [0, 0.1) is 5.82 Å². The topological polar surface area (TPSA) is 66.4 Å². The van der Waals surface area contributed by atoms with Gasteiger partial charge in [0.1, 0.15) is 16.4 Å². The van der Waals surface area contributed by atoms with Crippen molar-refractivity contribution in [1.82, 2.24) is 0 Å². The summed E-state index contributed by atoms with van der Waals surface area (Å²) in [5, 5.41) is 14.3. The number of nitrogens with one attached hydrogen (secondary N) is 1. The molecule has 2 N–H and O–H groups in total. The predicted molar refractivity (Wildman–Crippen MR) is 108 cm³/mol. The Kier molecular flexibility index (Phi) is 6.03. The Morgan fingerprint density at radius 3 is 2.37 bits per heavy atom. The molecule has 0 aliphatic heterocycles. The van der Waals surface area contributed by atoms with Gasteiger partial charge in [-0.25, -0.2) is 9.18 Å². The molecule has 7 heteroatoms. The van der Waals surface area contributed by atoms with E-state index in [1.165, 1.54) is 23.5 Å². The number of aromatic carboxylic acids is 1. The Hall–Kier alpha value is -2.51. The molecular weight excluding hydrogens is 433 g/mol. The number of benzene rings is 2. The third-order valence-corrected chi connectivity index (χ3v) is 5.39. The molecule has 0 aliphatic carbocycles. The van der Waals surface area contributed by atoms with Gasteiger partial charge in [0.15, 0.2) is 0 Å². The van der Waals surface area contributed by atoms with Crippen LogP contribution in [0.1, 0.15) is 22.3 Å². The smallest absolute Gasteiger partial charge is 0.339 e. The number of carboxylic acids is 1. The monoisotopic (exact) mass is 447 g/mol. The van der Waals surface area contributed by atoms with Gasteiger partial charge in [-0.2, -0.15) is 0 Å². The zero-order valence-electron chi connectivity index (χ0n) is 14.0. The van der Waals surface area contributed by atoms with Crippen molar-refractivity contribution in [3.8, 4) is 11.1 Å². The molecule has 4 nitrogen and oxygen atoms in total. The Balaban J connectivity index is 1.74. The number of thiophene rings is 1. The van der Waals surface area contributed by atoms with Gasteiger partial charge in [-0.15, -0.1) is 11.3 Å². The number of amides is 1. The largest absolute Gasteiger partial charge is 0.478 e. The maximum Gasteiger partial charge on any atom is 0.339 e. The van der Waals surface area contributed by atoms with Gasteiger partial charge in [-0.1, -0.05) is 40.2 Å². The third-order valence-electron chi connectivity index (χ3n) is 3.97. The lowest BCUT2D eigenvalue weighted by Gasteiger charge is -2.06. The highest BCUT2D eigenvalue weighted by atomic mass is 79.9. The number of carbonyl (C=O) groups is 2. The number of hydrogen-bond acceptors (Lipinski definition) is 3. The number of hydrogen-bond donors (Lipinski definition) is 2. The van der Waals surface area contributed by atoms with E-state index in [9.17, 15) is 19.1 Å². The van der Waals surface area contributed by atoms with Crippen molar-refractivity contribution >= 4 is 44.1 Å². The maximum absolute atomic E-state index is 12.9. The van der Waals surface area contributed by atoms with Gasteiger partial charge in [0.2, 0.25) is 5.91 Å². The summed E-state index contributed by atoms with van der Waals surface area (Å²) in [5.74, 6) is -1.71. The second-order valence-electron chi connectivity index (χ2n) is 5.84. The molecule has 0 bridgehead atoms. The minimum Gasteiger partial charge on any atom is -0.478 e. The summed E-state index contributed by atoms with van der Waals surface area (Å²) in [5.41, 5.74) is 2.25. The first-order valence-electron chi connectivity index (χ1n) is 8.09. The molecular formula is C20H15BrFNO3S. The van der Waals surface area contributed by atoms with E-state index in [0.717, 1.165) is 15.6 Å². The van der Waals surface area contributed by atoms with E-state index in [1.807, 2.05) is 24.3 Å². The van der Waals surface area contributed by atoms with Crippen LogP contribution in [0.3, 0.4) is 0 Å². The maximum atomic E-state index is 12.9. The van der Waals surface area contributed by atoms with Gasteiger partial charge in [-0.05, 0) is 41.8 Å². The van der Waals surface area contributed by atoms with Crippen molar-refractivity contribution in [1.29, 1.82) is 0 Å². The molecule has 1 aromatic heterocycles. The standard InChI is InChI=1S/C20H15BrFNO3S/c21-14-6-4-13(5-7-14)16-11-27-19(18(16)20(25)26)23-17(24)10-3-12-1-8-15(22)9-2-12/h1-2,4-9,11H,3,10H2,(H,23,24)(H,25,26). The van der Waals surface area contributed by atoms with Crippen molar-refractivity contribution in [2.75, 3.05) is 5.32 Å². The highest BCUT2D eigenvalue weighted by Crippen LogP contribution is 2.36. The fourth-order valence-corrected chi connectivity index (χ4v) is 3.84. The number of carboxylic acid groups (broad SMARTS) is 1. The normalized spacial score (nSPS) is 10.6. The van der Waals surface area contributed by atoms with E-state index >= 15 is 0 Å². The van der Waals surface area contributed by atoms with Gasteiger partial charge >= 0.3 is 5.97 Å². The summed E-state index contributed by atoms with van der Waals surface area (Å²) in [6.45, 7) is 0. The van der Waals surface area contributed by atoms with Crippen LogP contribution in [-0.2, 0) is 11.2 Å². The Labute approximate surface area is 167 Å². The molecule has 138 valence electrons. The molecule has 2 aromatic carbocycles. The molecule has 0 aliphatic rings. The lowest BCUT2D eigenvalue weighted by atomic mass is 10.0. The zero-order chi connectivity index (χ0) is 19.4. The SMILES string of the molecule is O=C(CCc1ccc(F)cc1)Nc1scc(-c2ccc(Br)cc2)c1C(=O)O. The highest BCUT2D eigenvalue weighted by molar-refractivity contribution is 9.10. The Morgan fingerprint density at radius 2 is 1.74 bits per heavy atom. The van der Waals surface area contributed by atoms with E-state index in [0.29, 0.717) is 17.0 Å². The van der Waals surface area contributed by atoms with Gasteiger partial charge in [0.25, 0.3) is 0 Å². The number of aryl methyl sites for hydroxylation is 1. The Bertz CT molecular complexity index is 968. The van der Waals surface area contributed by atoms with E-state index in [-0.39, 0.29) is 23.7 Å². The lowest BCUT2D eigenvalue weighted by molar-refractivity contribution is -0.116. The van der Waals surface area contributed by atoms with E-state index in [4.69, 9.17) is 0 Å². The van der Waals surface area contributed by atoms with Gasteiger partial charge < -0.3 is 10.4 Å². The first-order chi connectivity index (χ1) is 12.9. The summed E-state index contributed by atoms with van der Waals surface area (Å²) in [7, 11) is 0. The Morgan fingerprint density at radius 1 is 1.07 bits per heavy atom. The molecule has 0 radical (unpaired) electrons. The number of anilines is 1. The fraction of sp³-hybridized carbons (Fsp3) is 0.100. The molecule has 1 heterocycles. The first-order valence-corrected chi connectivity index (χ1v) is 9.76. The molecule has 0 saturated carbocycles. The molecule has 0 saturated heterocycles. The van der Waals surface area contributed by atoms with Crippen LogP contribution in [0.5, 0.6) is 0 Å². The van der Waals surface area contributed by atoms with E-state index < -0.39 is 5.97 Å². The van der Waals surface area contributed by atoms with Crippen molar-refractivity contribution < 1.29 is 19.1 Å². The minimum absolute atomic E-state index is 0.0810. The van der Waals surface area contributed by atoms with Crippen molar-refractivity contribution in [3.63, 3.8) is 0 Å². The van der Waals surface area contributed by atoms with Crippen molar-refractivity contribution in [2.45, 2.75) is 12.8 Å². The first kappa shape index (κ1) is 19.3. The summed E-state index contributed by atoms with van der Waals surface area (Å²) in [6, 6.07) is 13.2. The van der Waals surface area contributed by atoms with E-state index in [1.54, 1.807) is 17.5 Å². The van der Waals surface area contributed by atoms with Crippen molar-refractivity contribution in [3.05, 3.63) is 75.3 Å². The molecule has 0 spiro atoms. The van der Waals surface area contributed by atoms with Crippen LogP contribution in [0.4, 0.5) is 9.39 Å². The van der Waals surface area contributed by atoms with Crippen LogP contribution in [0.25, 0.3) is 11.1 Å². The third kappa shape index (κ3) is 4.81. The van der Waals surface area contributed by atoms with Crippen LogP contribution in [0.2, 0.25) is 0 Å². The summed E-state index contributed by atoms with van der Waals surface area (Å²) in [6.07, 6.45) is 0.621. The summed E-state index contributed by atoms with van der Waals surface area (Å²) >= 11 is 4.53. The van der Waals surface area contributed by atoms with E-state index in [2.05, 4.69) is 21.2 Å². The second-order valence-corrected chi connectivity index (χ2v) is 7.64. The van der Waals surface area contributed by atoms with Crippen LogP contribution in [-0.4, -0.2) is 17.0 Å². The number of halogens is 2. The molecule has 0 atom stereocenters. The minimum atomic E-state index is -1.09. The molecule has 3 rings (SSSR count). The molecule has 0 unspecified atom stereocenters. The molecule has 27 heavy (non-hydrogen) atoms. The summed E-state index contributed by atoms with van der Waals surface area (Å²) < 4.78 is 13.8. The molecule has 1 amide bonds. The highest BCUT2D eigenvalue weighted by Gasteiger charge is 2.21. The summed E-state index contributed by atoms with van der Waals surface area (Å²) in [4.78, 5) is 24.0. The quantitative estimate of drug-likeness (QED) is 0.517. The molecule has 0 fully saturated rings. The predicted octanol–water partition coefficient (Wildman–Crippen LogP) is 5.59. The zero-order valence-corrected chi connectivity index (χ0v) is 16.4. The van der Waals surface area contributed by atoms with Gasteiger partial charge in [-0.3, -0.25) is 4.79 Å². The number of rotatable bonds is 6. The average molecular weight is 448 g/mol. The fourth-order valence-electron chi connectivity index (χ4n) is 2.60. The number of carbonyl (C=O) groups excluding carboxylic acids is 1. The molecule has 3 aromatic rings. The second kappa shape index (κ2) is 8.45. The van der Waals surface area contributed by atoms with Crippen molar-refractivity contribution in [2.24, 2.45) is 0 Å².